The van der Waals surface area contributed by atoms with Crippen LogP contribution in [0, 0.1) is 0 Å². The van der Waals surface area contributed by atoms with Crippen molar-refractivity contribution in [1.82, 2.24) is 0 Å². The van der Waals surface area contributed by atoms with Crippen LogP contribution in [-0.4, -0.2) is 11.1 Å². The van der Waals surface area contributed by atoms with E-state index >= 15 is 0 Å². The SMILES string of the molecule is Nc1ccc(Br)cc1/C=C/C(=O)O. The minimum atomic E-state index is -0.987. The summed E-state index contributed by atoms with van der Waals surface area (Å²) >= 11 is 3.27. The van der Waals surface area contributed by atoms with Crippen molar-refractivity contribution in [3.05, 3.63) is 34.3 Å². The predicted octanol–water partition coefficient (Wildman–Crippen LogP) is 2.13. The number of nitrogens with two attached hydrogens (primary N) is 1. The highest BCUT2D eigenvalue weighted by molar-refractivity contribution is 9.10. The number of carboxylic acids is 1. The van der Waals surface area contributed by atoms with Gasteiger partial charge in [-0.3, -0.25) is 0 Å². The summed E-state index contributed by atoms with van der Waals surface area (Å²) in [6, 6.07) is 5.27. The molecule has 0 saturated heterocycles. The molecule has 0 aliphatic carbocycles. The molecule has 68 valence electrons. The molecule has 1 rings (SSSR count). The first-order chi connectivity index (χ1) is 6.09. The summed E-state index contributed by atoms with van der Waals surface area (Å²) in [7, 11) is 0. The Bertz CT molecular complexity index is 361. The third-order valence-electron chi connectivity index (χ3n) is 1.45. The van der Waals surface area contributed by atoms with Crippen molar-refractivity contribution in [3.8, 4) is 0 Å². The fraction of sp³-hybridized carbons (Fsp3) is 0. The van der Waals surface area contributed by atoms with Crippen molar-refractivity contribution < 1.29 is 9.90 Å². The first-order valence-corrected chi connectivity index (χ1v) is 4.35. The van der Waals surface area contributed by atoms with Crippen molar-refractivity contribution in [2.24, 2.45) is 0 Å². The third-order valence-corrected chi connectivity index (χ3v) is 1.95. The first kappa shape index (κ1) is 9.80. The van der Waals surface area contributed by atoms with Gasteiger partial charge in [-0.25, -0.2) is 4.79 Å². The minimum absolute atomic E-state index is 0.556. The zero-order valence-corrected chi connectivity index (χ0v) is 8.28. The average molecular weight is 242 g/mol. The van der Waals surface area contributed by atoms with Crippen LogP contribution in [0.5, 0.6) is 0 Å². The summed E-state index contributed by atoms with van der Waals surface area (Å²) in [6.07, 6.45) is 2.51. The molecule has 0 saturated carbocycles. The van der Waals surface area contributed by atoms with Crippen LogP contribution < -0.4 is 5.73 Å². The normalized spacial score (nSPS) is 10.5. The van der Waals surface area contributed by atoms with Crippen molar-refractivity contribution in [1.29, 1.82) is 0 Å². The van der Waals surface area contributed by atoms with E-state index in [1.807, 2.05) is 0 Å². The molecule has 0 heterocycles. The Morgan fingerprint density at radius 1 is 1.54 bits per heavy atom. The van der Waals surface area contributed by atoms with Crippen LogP contribution in [-0.2, 0) is 4.79 Å². The lowest BCUT2D eigenvalue weighted by Gasteiger charge is -1.99. The molecule has 0 aliphatic heterocycles. The van der Waals surface area contributed by atoms with Crippen LogP contribution in [0.15, 0.2) is 28.7 Å². The topological polar surface area (TPSA) is 63.3 Å². The number of hydrogen-bond donors (Lipinski definition) is 2. The van der Waals surface area contributed by atoms with E-state index in [1.165, 1.54) is 6.08 Å². The quantitative estimate of drug-likeness (QED) is 0.616. The molecule has 0 spiro atoms. The number of anilines is 1. The summed E-state index contributed by atoms with van der Waals surface area (Å²) in [5, 5.41) is 8.40. The predicted molar refractivity (Wildman–Crippen MR) is 55.2 cm³/mol. The Morgan fingerprint density at radius 2 is 2.23 bits per heavy atom. The van der Waals surface area contributed by atoms with Crippen LogP contribution in [0.2, 0.25) is 0 Å². The molecule has 4 heteroatoms. The van der Waals surface area contributed by atoms with Crippen molar-refractivity contribution in [2.45, 2.75) is 0 Å². The Kier molecular flexibility index (Phi) is 3.08. The maximum atomic E-state index is 10.2. The van der Waals surface area contributed by atoms with Crippen molar-refractivity contribution in [2.75, 3.05) is 5.73 Å². The zero-order valence-electron chi connectivity index (χ0n) is 6.70. The van der Waals surface area contributed by atoms with E-state index in [0.717, 1.165) is 10.5 Å². The monoisotopic (exact) mass is 241 g/mol. The van der Waals surface area contributed by atoms with Crippen molar-refractivity contribution >= 4 is 33.7 Å². The Balaban J connectivity index is 3.00. The summed E-state index contributed by atoms with van der Waals surface area (Å²) in [5.74, 6) is -0.987. The number of benzene rings is 1. The van der Waals surface area contributed by atoms with Gasteiger partial charge in [0, 0.05) is 16.2 Å². The average Bonchev–Trinajstić information content (AvgIpc) is 2.06. The van der Waals surface area contributed by atoms with Gasteiger partial charge in [-0.05, 0) is 29.8 Å². The van der Waals surface area contributed by atoms with E-state index < -0.39 is 5.97 Å². The van der Waals surface area contributed by atoms with Gasteiger partial charge < -0.3 is 10.8 Å². The largest absolute Gasteiger partial charge is 0.478 e. The fourth-order valence-corrected chi connectivity index (χ4v) is 1.23. The van der Waals surface area contributed by atoms with Crippen LogP contribution in [0.4, 0.5) is 5.69 Å². The molecule has 13 heavy (non-hydrogen) atoms. The maximum Gasteiger partial charge on any atom is 0.328 e. The highest BCUT2D eigenvalue weighted by atomic mass is 79.9. The molecule has 0 aromatic heterocycles. The second-order valence-electron chi connectivity index (χ2n) is 2.44. The molecule has 3 nitrogen and oxygen atoms in total. The lowest BCUT2D eigenvalue weighted by molar-refractivity contribution is -0.131. The van der Waals surface area contributed by atoms with Gasteiger partial charge in [0.2, 0.25) is 0 Å². The highest BCUT2D eigenvalue weighted by Crippen LogP contribution is 2.19. The van der Waals surface area contributed by atoms with E-state index in [2.05, 4.69) is 15.9 Å². The minimum Gasteiger partial charge on any atom is -0.478 e. The molecule has 1 aromatic rings. The third kappa shape index (κ3) is 2.91. The van der Waals surface area contributed by atoms with Gasteiger partial charge in [-0.1, -0.05) is 15.9 Å². The lowest BCUT2D eigenvalue weighted by Crippen LogP contribution is -1.90. The van der Waals surface area contributed by atoms with E-state index in [-0.39, 0.29) is 0 Å². The summed E-state index contributed by atoms with van der Waals surface area (Å²) in [4.78, 5) is 10.2. The van der Waals surface area contributed by atoms with Gasteiger partial charge in [0.1, 0.15) is 0 Å². The molecule has 0 fully saturated rings. The number of halogens is 1. The summed E-state index contributed by atoms with van der Waals surface area (Å²) in [5.41, 5.74) is 6.86. The number of rotatable bonds is 2. The lowest BCUT2D eigenvalue weighted by atomic mass is 10.2. The van der Waals surface area contributed by atoms with Crippen LogP contribution in [0.1, 0.15) is 5.56 Å². The zero-order chi connectivity index (χ0) is 9.84. The van der Waals surface area contributed by atoms with Crippen LogP contribution in [0.3, 0.4) is 0 Å². The van der Waals surface area contributed by atoms with Crippen molar-refractivity contribution in [3.63, 3.8) is 0 Å². The smallest absolute Gasteiger partial charge is 0.328 e. The van der Waals surface area contributed by atoms with Gasteiger partial charge >= 0.3 is 5.97 Å². The number of carboxylic acid groups (broad SMARTS) is 1. The van der Waals surface area contributed by atoms with E-state index in [0.29, 0.717) is 11.3 Å². The molecule has 0 aliphatic rings. The first-order valence-electron chi connectivity index (χ1n) is 3.55. The molecule has 0 unspecified atom stereocenters. The second-order valence-corrected chi connectivity index (χ2v) is 3.36. The Morgan fingerprint density at radius 3 is 2.85 bits per heavy atom. The summed E-state index contributed by atoms with van der Waals surface area (Å²) in [6.45, 7) is 0. The van der Waals surface area contributed by atoms with Gasteiger partial charge in [0.05, 0.1) is 0 Å². The van der Waals surface area contributed by atoms with E-state index in [9.17, 15) is 4.79 Å². The Hall–Kier alpha value is -1.29. The summed E-state index contributed by atoms with van der Waals surface area (Å²) < 4.78 is 0.867. The fourth-order valence-electron chi connectivity index (χ4n) is 0.851. The van der Waals surface area contributed by atoms with Crippen LogP contribution in [0.25, 0.3) is 6.08 Å². The molecule has 3 N–H and O–H groups in total. The van der Waals surface area contributed by atoms with E-state index in [4.69, 9.17) is 10.8 Å². The number of aliphatic carboxylic acids is 1. The number of hydrogen-bond acceptors (Lipinski definition) is 2. The van der Waals surface area contributed by atoms with Gasteiger partial charge in [0.25, 0.3) is 0 Å². The molecular formula is C9H8BrNO2. The van der Waals surface area contributed by atoms with E-state index in [1.54, 1.807) is 18.2 Å². The molecule has 0 atom stereocenters. The van der Waals surface area contributed by atoms with Gasteiger partial charge in [0.15, 0.2) is 0 Å². The number of carbonyl (C=O) groups is 1. The molecule has 1 aromatic carbocycles. The molecule has 0 amide bonds. The van der Waals surface area contributed by atoms with Gasteiger partial charge in [-0.2, -0.15) is 0 Å². The number of nitrogen functional groups attached to an aromatic ring is 1. The second kappa shape index (κ2) is 4.09. The molecular weight excluding hydrogens is 234 g/mol. The standard InChI is InChI=1S/C9H8BrNO2/c10-7-2-3-8(11)6(5-7)1-4-9(12)13/h1-5H,11H2,(H,12,13)/b4-1+. The molecule has 0 radical (unpaired) electrons. The van der Waals surface area contributed by atoms with Crippen LogP contribution >= 0.6 is 15.9 Å². The highest BCUT2D eigenvalue weighted by Gasteiger charge is 1.96. The Labute approximate surface area is 84.0 Å². The van der Waals surface area contributed by atoms with Gasteiger partial charge in [-0.15, -0.1) is 0 Å². The molecule has 0 bridgehead atoms. The maximum absolute atomic E-state index is 10.2.